The van der Waals surface area contributed by atoms with E-state index in [1.807, 2.05) is 13.0 Å². The number of carbonyl (C=O) groups is 2. The van der Waals surface area contributed by atoms with Crippen LogP contribution in [-0.4, -0.2) is 35.6 Å². The lowest BCUT2D eigenvalue weighted by Gasteiger charge is -2.08. The SMILES string of the molecule is CCn1c(=O)n(CC(=O)NNC(=O)c2ccc(S(C)(=O)=O)cc2)c2ccccc21. The maximum absolute atomic E-state index is 12.5. The topological polar surface area (TPSA) is 119 Å². The molecule has 0 bridgehead atoms. The molecule has 0 saturated heterocycles. The van der Waals surface area contributed by atoms with Crippen LogP contribution < -0.4 is 16.5 Å². The van der Waals surface area contributed by atoms with E-state index in [-0.39, 0.29) is 22.7 Å². The van der Waals surface area contributed by atoms with Gasteiger partial charge in [-0.05, 0) is 43.3 Å². The second-order valence-corrected chi connectivity index (χ2v) is 8.42. The molecule has 0 atom stereocenters. The number of carbonyl (C=O) groups excluding carboxylic acids is 2. The quantitative estimate of drug-likeness (QED) is 0.593. The van der Waals surface area contributed by atoms with Gasteiger partial charge in [0, 0.05) is 18.4 Å². The molecule has 0 aliphatic rings. The van der Waals surface area contributed by atoms with Crippen molar-refractivity contribution in [2.24, 2.45) is 0 Å². The largest absolute Gasteiger partial charge is 0.329 e. The number of sulfone groups is 1. The summed E-state index contributed by atoms with van der Waals surface area (Å²) >= 11 is 0. The normalized spacial score (nSPS) is 11.4. The number of nitrogens with zero attached hydrogens (tertiary/aromatic N) is 2. The fraction of sp³-hybridized carbons (Fsp3) is 0.211. The molecule has 3 aromatic rings. The van der Waals surface area contributed by atoms with E-state index in [9.17, 15) is 22.8 Å². The van der Waals surface area contributed by atoms with Crippen LogP contribution in [0.25, 0.3) is 11.0 Å². The summed E-state index contributed by atoms with van der Waals surface area (Å²) in [6, 6.07) is 12.4. The van der Waals surface area contributed by atoms with Gasteiger partial charge in [-0.3, -0.25) is 29.6 Å². The molecule has 0 aliphatic carbocycles. The molecular formula is C19H20N4O5S. The Hall–Kier alpha value is -3.40. The Kier molecular flexibility index (Phi) is 5.55. The molecule has 0 spiro atoms. The molecule has 0 saturated carbocycles. The molecule has 2 aromatic carbocycles. The first-order chi connectivity index (χ1) is 13.7. The molecule has 0 unspecified atom stereocenters. The van der Waals surface area contributed by atoms with E-state index in [1.54, 1.807) is 22.8 Å². The van der Waals surface area contributed by atoms with Crippen molar-refractivity contribution < 1.29 is 18.0 Å². The number of amides is 2. The second kappa shape index (κ2) is 7.92. The number of nitrogens with one attached hydrogen (secondary N) is 2. The van der Waals surface area contributed by atoms with Gasteiger partial charge in [0.25, 0.3) is 11.8 Å². The third-order valence-corrected chi connectivity index (χ3v) is 5.53. The minimum atomic E-state index is -3.36. The Morgan fingerprint density at radius 1 is 0.931 bits per heavy atom. The molecule has 29 heavy (non-hydrogen) atoms. The lowest BCUT2D eigenvalue weighted by Crippen LogP contribution is -2.44. The van der Waals surface area contributed by atoms with Gasteiger partial charge in [-0.2, -0.15) is 0 Å². The standard InChI is InChI=1S/C19H20N4O5S/c1-3-22-15-6-4-5-7-16(15)23(19(22)26)12-17(24)20-21-18(25)13-8-10-14(11-9-13)29(2,27)28/h4-11H,3,12H2,1-2H3,(H,20,24)(H,21,25). The highest BCUT2D eigenvalue weighted by Crippen LogP contribution is 2.12. The van der Waals surface area contributed by atoms with Crippen molar-refractivity contribution in [2.45, 2.75) is 24.9 Å². The number of rotatable bonds is 5. The summed E-state index contributed by atoms with van der Waals surface area (Å²) in [6.07, 6.45) is 1.07. The van der Waals surface area contributed by atoms with Gasteiger partial charge < -0.3 is 0 Å². The van der Waals surface area contributed by atoms with Crippen LogP contribution in [-0.2, 0) is 27.7 Å². The first kappa shape index (κ1) is 20.3. The van der Waals surface area contributed by atoms with Gasteiger partial charge in [-0.1, -0.05) is 12.1 Å². The van der Waals surface area contributed by atoms with Gasteiger partial charge in [-0.25, -0.2) is 13.2 Å². The van der Waals surface area contributed by atoms with Crippen molar-refractivity contribution >= 4 is 32.7 Å². The van der Waals surface area contributed by atoms with E-state index in [1.165, 1.54) is 28.8 Å². The fourth-order valence-corrected chi connectivity index (χ4v) is 3.60. The van der Waals surface area contributed by atoms with Crippen LogP contribution in [0.5, 0.6) is 0 Å². The Morgan fingerprint density at radius 3 is 2.07 bits per heavy atom. The van der Waals surface area contributed by atoms with Gasteiger partial charge in [0.05, 0.1) is 15.9 Å². The predicted octanol–water partition coefficient (Wildman–Crippen LogP) is 0.688. The van der Waals surface area contributed by atoms with Gasteiger partial charge in [-0.15, -0.1) is 0 Å². The Labute approximate surface area is 166 Å². The van der Waals surface area contributed by atoms with E-state index in [2.05, 4.69) is 10.9 Å². The summed E-state index contributed by atoms with van der Waals surface area (Å²) in [7, 11) is -3.36. The van der Waals surface area contributed by atoms with Crippen LogP contribution in [0.15, 0.2) is 58.2 Å². The van der Waals surface area contributed by atoms with Gasteiger partial charge >= 0.3 is 5.69 Å². The molecule has 10 heteroatoms. The summed E-state index contributed by atoms with van der Waals surface area (Å²) < 4.78 is 25.8. The highest BCUT2D eigenvalue weighted by molar-refractivity contribution is 7.90. The number of hydrogen-bond donors (Lipinski definition) is 2. The number of aryl methyl sites for hydroxylation is 1. The Balaban J connectivity index is 1.69. The van der Waals surface area contributed by atoms with E-state index in [4.69, 9.17) is 0 Å². The van der Waals surface area contributed by atoms with Crippen molar-refractivity contribution in [2.75, 3.05) is 6.26 Å². The first-order valence-corrected chi connectivity index (χ1v) is 10.7. The number of hydrazine groups is 1. The summed E-state index contributed by atoms with van der Waals surface area (Å²) in [5, 5.41) is 0. The smallest absolute Gasteiger partial charge is 0.292 e. The minimum Gasteiger partial charge on any atom is -0.292 e. The number of fused-ring (bicyclic) bond motifs is 1. The van der Waals surface area contributed by atoms with E-state index < -0.39 is 21.7 Å². The van der Waals surface area contributed by atoms with Crippen molar-refractivity contribution in [3.63, 3.8) is 0 Å². The highest BCUT2D eigenvalue weighted by Gasteiger charge is 2.15. The lowest BCUT2D eigenvalue weighted by atomic mass is 10.2. The van der Waals surface area contributed by atoms with Crippen molar-refractivity contribution in [1.82, 2.24) is 20.0 Å². The molecule has 0 fully saturated rings. The second-order valence-electron chi connectivity index (χ2n) is 6.40. The number of aromatic nitrogens is 2. The van der Waals surface area contributed by atoms with Crippen LogP contribution in [0.2, 0.25) is 0 Å². The van der Waals surface area contributed by atoms with E-state index >= 15 is 0 Å². The van der Waals surface area contributed by atoms with E-state index in [0.29, 0.717) is 12.1 Å². The zero-order valence-corrected chi connectivity index (χ0v) is 16.7. The van der Waals surface area contributed by atoms with Crippen LogP contribution in [0, 0.1) is 0 Å². The zero-order valence-electron chi connectivity index (χ0n) is 15.9. The summed E-state index contributed by atoms with van der Waals surface area (Å²) in [5.74, 6) is -1.19. The summed E-state index contributed by atoms with van der Waals surface area (Å²) in [6.45, 7) is 2.04. The van der Waals surface area contributed by atoms with Crippen LogP contribution in [0.3, 0.4) is 0 Å². The lowest BCUT2D eigenvalue weighted by molar-refractivity contribution is -0.122. The molecular weight excluding hydrogens is 396 g/mol. The molecule has 1 heterocycles. The van der Waals surface area contributed by atoms with Crippen LogP contribution in [0.4, 0.5) is 0 Å². The van der Waals surface area contributed by atoms with Crippen molar-refractivity contribution in [3.05, 3.63) is 64.6 Å². The van der Waals surface area contributed by atoms with Gasteiger partial charge in [0.2, 0.25) is 0 Å². The Morgan fingerprint density at radius 2 is 1.52 bits per heavy atom. The van der Waals surface area contributed by atoms with Gasteiger partial charge in [0.1, 0.15) is 6.54 Å². The maximum atomic E-state index is 12.5. The molecule has 0 aliphatic heterocycles. The number of para-hydroxylation sites is 2. The molecule has 9 nitrogen and oxygen atoms in total. The monoisotopic (exact) mass is 416 g/mol. The first-order valence-electron chi connectivity index (χ1n) is 8.79. The van der Waals surface area contributed by atoms with Crippen molar-refractivity contribution in [3.8, 4) is 0 Å². The average molecular weight is 416 g/mol. The Bertz CT molecular complexity index is 1240. The average Bonchev–Trinajstić information content (AvgIpc) is 2.96. The predicted molar refractivity (Wildman–Crippen MR) is 107 cm³/mol. The van der Waals surface area contributed by atoms with Gasteiger partial charge in [0.15, 0.2) is 9.84 Å². The molecule has 0 radical (unpaired) electrons. The number of imidazole rings is 1. The highest BCUT2D eigenvalue weighted by atomic mass is 32.2. The van der Waals surface area contributed by atoms with Crippen LogP contribution >= 0.6 is 0 Å². The molecule has 3 rings (SSSR count). The number of hydrogen-bond acceptors (Lipinski definition) is 5. The van der Waals surface area contributed by atoms with Crippen molar-refractivity contribution in [1.29, 1.82) is 0 Å². The van der Waals surface area contributed by atoms with Crippen LogP contribution in [0.1, 0.15) is 17.3 Å². The molecule has 1 aromatic heterocycles. The molecule has 2 N–H and O–H groups in total. The molecule has 2 amide bonds. The number of benzene rings is 2. The molecule has 152 valence electrons. The minimum absolute atomic E-state index is 0.0878. The third kappa shape index (κ3) is 4.21. The fourth-order valence-electron chi connectivity index (χ4n) is 2.97. The summed E-state index contributed by atoms with van der Waals surface area (Å²) in [4.78, 5) is 37.0. The zero-order chi connectivity index (χ0) is 21.2. The maximum Gasteiger partial charge on any atom is 0.329 e. The van der Waals surface area contributed by atoms with E-state index in [0.717, 1.165) is 11.8 Å². The third-order valence-electron chi connectivity index (χ3n) is 4.40. The summed E-state index contributed by atoms with van der Waals surface area (Å²) in [5.41, 5.74) is 5.74.